The third kappa shape index (κ3) is 3.48. The van der Waals surface area contributed by atoms with Crippen LogP contribution in [0, 0.1) is 6.92 Å². The van der Waals surface area contributed by atoms with Crippen molar-refractivity contribution in [1.82, 2.24) is 9.97 Å². The van der Waals surface area contributed by atoms with Gasteiger partial charge in [-0.3, -0.25) is 0 Å². The molecule has 94 valence electrons. The minimum Gasteiger partial charge on any atom is -0.389 e. The highest BCUT2D eigenvalue weighted by molar-refractivity contribution is 7.80. The predicted octanol–water partition coefficient (Wildman–Crippen LogP) is 2.14. The number of nitrogens with zero attached hydrogens (tertiary/aromatic N) is 2. The van der Waals surface area contributed by atoms with E-state index < -0.39 is 0 Å². The highest BCUT2D eigenvalue weighted by Gasteiger charge is 2.02. The lowest BCUT2D eigenvalue weighted by Crippen LogP contribution is -2.12. The molecule has 0 spiro atoms. The first-order chi connectivity index (χ1) is 8.65. The fraction of sp³-hybridized carbons (Fsp3) is 0.250. The Hall–Kier alpha value is -1.53. The van der Waals surface area contributed by atoms with E-state index in [4.69, 9.17) is 18.0 Å². The maximum atomic E-state index is 5.62. The van der Waals surface area contributed by atoms with Crippen molar-refractivity contribution in [1.29, 1.82) is 0 Å². The number of aryl methyl sites for hydroxylation is 1. The molecule has 18 heavy (non-hydrogen) atoms. The average Bonchev–Trinajstić information content (AvgIpc) is 2.81. The molecule has 0 fully saturated rings. The second-order valence-electron chi connectivity index (χ2n) is 3.85. The lowest BCUT2D eigenvalue weighted by atomic mass is 10.2. The van der Waals surface area contributed by atoms with Crippen LogP contribution in [0.1, 0.15) is 16.3 Å². The Morgan fingerprint density at radius 1 is 1.50 bits per heavy atom. The summed E-state index contributed by atoms with van der Waals surface area (Å²) < 4.78 is 0. The normalized spacial score (nSPS) is 10.3. The number of hydrogen-bond acceptors (Lipinski definition) is 5. The third-order valence-corrected chi connectivity index (χ3v) is 3.44. The zero-order valence-electron chi connectivity index (χ0n) is 10.0. The van der Waals surface area contributed by atoms with E-state index in [0.717, 1.165) is 35.0 Å². The fourth-order valence-electron chi connectivity index (χ4n) is 1.58. The van der Waals surface area contributed by atoms with Crippen molar-refractivity contribution in [3.8, 4) is 0 Å². The maximum absolute atomic E-state index is 5.62. The predicted molar refractivity (Wildman–Crippen MR) is 79.2 cm³/mol. The standard InChI is InChI=1S/C12H14N4S2/c1-8-6-9(12(13)17)7-10(16-8)14-3-2-11-15-4-5-18-11/h4-7H,2-3H2,1H3,(H2,13,17)(H,14,16). The first kappa shape index (κ1) is 12.9. The first-order valence-corrected chi connectivity index (χ1v) is 6.84. The molecule has 2 rings (SSSR count). The molecule has 0 aliphatic rings. The van der Waals surface area contributed by atoms with Gasteiger partial charge in [-0.15, -0.1) is 11.3 Å². The van der Waals surface area contributed by atoms with Crippen LogP contribution in [-0.4, -0.2) is 21.5 Å². The summed E-state index contributed by atoms with van der Waals surface area (Å²) >= 11 is 6.63. The van der Waals surface area contributed by atoms with Gasteiger partial charge in [0.1, 0.15) is 10.8 Å². The van der Waals surface area contributed by atoms with Crippen LogP contribution in [0.5, 0.6) is 0 Å². The first-order valence-electron chi connectivity index (χ1n) is 5.56. The zero-order valence-corrected chi connectivity index (χ0v) is 11.6. The lowest BCUT2D eigenvalue weighted by Gasteiger charge is -2.07. The Bertz CT molecular complexity index is 537. The summed E-state index contributed by atoms with van der Waals surface area (Å²) in [6.45, 7) is 2.72. The van der Waals surface area contributed by atoms with E-state index in [1.165, 1.54) is 0 Å². The lowest BCUT2D eigenvalue weighted by molar-refractivity contribution is 0.983. The third-order valence-electron chi connectivity index (χ3n) is 2.37. The molecule has 0 unspecified atom stereocenters. The molecule has 0 aromatic carbocycles. The van der Waals surface area contributed by atoms with Crippen LogP contribution in [0.15, 0.2) is 23.7 Å². The smallest absolute Gasteiger partial charge is 0.126 e. The SMILES string of the molecule is Cc1cc(C(N)=S)cc(NCCc2nccs2)n1. The number of thiocarbonyl (C=S) groups is 1. The second kappa shape index (κ2) is 5.88. The molecule has 0 amide bonds. The van der Waals surface area contributed by atoms with E-state index in [-0.39, 0.29) is 0 Å². The van der Waals surface area contributed by atoms with Gasteiger partial charge in [0.15, 0.2) is 0 Å². The molecule has 4 nitrogen and oxygen atoms in total. The van der Waals surface area contributed by atoms with Crippen molar-refractivity contribution >= 4 is 34.4 Å². The average molecular weight is 278 g/mol. The van der Waals surface area contributed by atoms with Crippen LogP contribution in [0.3, 0.4) is 0 Å². The minimum absolute atomic E-state index is 0.392. The van der Waals surface area contributed by atoms with E-state index in [9.17, 15) is 0 Å². The van der Waals surface area contributed by atoms with Crippen LogP contribution in [-0.2, 0) is 6.42 Å². The number of anilines is 1. The van der Waals surface area contributed by atoms with Crippen LogP contribution < -0.4 is 11.1 Å². The number of nitrogens with two attached hydrogens (primary N) is 1. The molecule has 0 atom stereocenters. The van der Waals surface area contributed by atoms with Crippen molar-refractivity contribution in [3.05, 3.63) is 40.0 Å². The molecule has 2 aromatic rings. The van der Waals surface area contributed by atoms with E-state index in [2.05, 4.69) is 15.3 Å². The number of nitrogens with one attached hydrogen (secondary N) is 1. The molecule has 2 aromatic heterocycles. The van der Waals surface area contributed by atoms with Gasteiger partial charge in [0.25, 0.3) is 0 Å². The van der Waals surface area contributed by atoms with E-state index in [1.54, 1.807) is 11.3 Å². The fourth-order valence-corrected chi connectivity index (χ4v) is 2.31. The monoisotopic (exact) mass is 278 g/mol. The second-order valence-corrected chi connectivity index (χ2v) is 5.27. The van der Waals surface area contributed by atoms with Gasteiger partial charge < -0.3 is 11.1 Å². The van der Waals surface area contributed by atoms with E-state index in [1.807, 2.05) is 30.6 Å². The molecular weight excluding hydrogens is 264 g/mol. The van der Waals surface area contributed by atoms with Crippen molar-refractivity contribution in [2.24, 2.45) is 5.73 Å². The number of hydrogen-bond donors (Lipinski definition) is 2. The van der Waals surface area contributed by atoms with Crippen LogP contribution >= 0.6 is 23.6 Å². The van der Waals surface area contributed by atoms with Gasteiger partial charge in [-0.1, -0.05) is 12.2 Å². The van der Waals surface area contributed by atoms with Crippen LogP contribution in [0.4, 0.5) is 5.82 Å². The van der Waals surface area contributed by atoms with Gasteiger partial charge in [0.2, 0.25) is 0 Å². The number of aromatic nitrogens is 2. The van der Waals surface area contributed by atoms with Crippen molar-refractivity contribution in [2.75, 3.05) is 11.9 Å². The number of rotatable bonds is 5. The van der Waals surface area contributed by atoms with Gasteiger partial charge in [-0.2, -0.15) is 0 Å². The molecule has 0 aliphatic carbocycles. The summed E-state index contributed by atoms with van der Waals surface area (Å²) in [6, 6.07) is 3.76. The summed E-state index contributed by atoms with van der Waals surface area (Å²) in [5.41, 5.74) is 7.37. The van der Waals surface area contributed by atoms with Gasteiger partial charge in [0, 0.05) is 35.8 Å². The molecular formula is C12H14N4S2. The molecule has 0 saturated heterocycles. The molecule has 0 bridgehead atoms. The Labute approximate surface area is 115 Å². The van der Waals surface area contributed by atoms with Crippen molar-refractivity contribution in [2.45, 2.75) is 13.3 Å². The Morgan fingerprint density at radius 2 is 2.33 bits per heavy atom. The minimum atomic E-state index is 0.392. The summed E-state index contributed by atoms with van der Waals surface area (Å²) in [5.74, 6) is 0.800. The van der Waals surface area contributed by atoms with Crippen LogP contribution in [0.2, 0.25) is 0 Å². The van der Waals surface area contributed by atoms with Gasteiger partial charge in [-0.25, -0.2) is 9.97 Å². The summed E-state index contributed by atoms with van der Waals surface area (Å²) in [6.07, 6.45) is 2.70. The molecule has 0 saturated carbocycles. The highest BCUT2D eigenvalue weighted by atomic mass is 32.1. The quantitative estimate of drug-likeness (QED) is 0.820. The Morgan fingerprint density at radius 3 is 3.00 bits per heavy atom. The van der Waals surface area contributed by atoms with Crippen LogP contribution in [0.25, 0.3) is 0 Å². The van der Waals surface area contributed by atoms with E-state index >= 15 is 0 Å². The van der Waals surface area contributed by atoms with Crippen molar-refractivity contribution in [3.63, 3.8) is 0 Å². The zero-order chi connectivity index (χ0) is 13.0. The molecule has 0 radical (unpaired) electrons. The Balaban J connectivity index is 1.98. The van der Waals surface area contributed by atoms with Crippen molar-refractivity contribution < 1.29 is 0 Å². The highest BCUT2D eigenvalue weighted by Crippen LogP contribution is 2.11. The summed E-state index contributed by atoms with van der Waals surface area (Å²) in [5, 5.41) is 6.35. The molecule has 3 N–H and O–H groups in total. The van der Waals surface area contributed by atoms with Gasteiger partial charge >= 0.3 is 0 Å². The van der Waals surface area contributed by atoms with Gasteiger partial charge in [0.05, 0.1) is 5.01 Å². The van der Waals surface area contributed by atoms with Gasteiger partial charge in [-0.05, 0) is 19.1 Å². The maximum Gasteiger partial charge on any atom is 0.126 e. The molecule has 2 heterocycles. The number of thiazole rings is 1. The van der Waals surface area contributed by atoms with E-state index in [0.29, 0.717) is 4.99 Å². The topological polar surface area (TPSA) is 63.8 Å². The Kier molecular flexibility index (Phi) is 4.22. The largest absolute Gasteiger partial charge is 0.389 e. The summed E-state index contributed by atoms with van der Waals surface area (Å²) in [7, 11) is 0. The summed E-state index contributed by atoms with van der Waals surface area (Å²) in [4.78, 5) is 9.01. The molecule has 0 aliphatic heterocycles. The number of pyridine rings is 1. The molecule has 6 heteroatoms.